The van der Waals surface area contributed by atoms with E-state index in [1.807, 2.05) is 47.8 Å². The molecule has 0 aliphatic heterocycles. The van der Waals surface area contributed by atoms with Crippen molar-refractivity contribution >= 4 is 22.6 Å². The number of para-hydroxylation sites is 2. The van der Waals surface area contributed by atoms with Crippen LogP contribution in [0.4, 0.5) is 0 Å². The number of rotatable bonds is 6. The summed E-state index contributed by atoms with van der Waals surface area (Å²) >= 11 is 1.22. The molecule has 13 heteroatoms. The molecule has 0 radical (unpaired) electrons. The van der Waals surface area contributed by atoms with E-state index in [9.17, 15) is 0 Å². The third kappa shape index (κ3) is 4.35. The van der Waals surface area contributed by atoms with Gasteiger partial charge < -0.3 is 4.42 Å². The van der Waals surface area contributed by atoms with Gasteiger partial charge in [-0.25, -0.2) is 19.9 Å². The number of hydrogen-bond acceptors (Lipinski definition) is 13. The first-order valence-corrected chi connectivity index (χ1v) is 14.2. The molecule has 2 aromatic carbocycles. The highest BCUT2D eigenvalue weighted by Gasteiger charge is 2.34. The van der Waals surface area contributed by atoms with E-state index in [-0.39, 0.29) is 0 Å². The van der Waals surface area contributed by atoms with E-state index in [0.717, 1.165) is 0 Å². The van der Waals surface area contributed by atoms with Crippen LogP contribution in [0.3, 0.4) is 0 Å². The molecule has 208 valence electrons. The Bertz CT molecular complexity index is 2180. The second kappa shape index (κ2) is 10.9. The van der Waals surface area contributed by atoms with Gasteiger partial charge in [0.1, 0.15) is 11.2 Å². The lowest BCUT2D eigenvalue weighted by Gasteiger charge is -2.23. The Morgan fingerprint density at radius 1 is 0.545 bits per heavy atom. The molecule has 0 atom stereocenters. The number of fused-ring (bicyclic) bond motifs is 1. The van der Waals surface area contributed by atoms with Crippen LogP contribution in [-0.2, 0) is 0 Å². The summed E-state index contributed by atoms with van der Waals surface area (Å²) in [4.78, 5) is 32.9. The highest BCUT2D eigenvalue weighted by molar-refractivity contribution is 7.03. The quantitative estimate of drug-likeness (QED) is 0.228. The lowest BCUT2D eigenvalue weighted by atomic mass is 9.81. The maximum absolute atomic E-state index is 6.46. The second-order valence-electron chi connectivity index (χ2n) is 9.37. The highest BCUT2D eigenvalue weighted by Crippen LogP contribution is 2.53. The van der Waals surface area contributed by atoms with E-state index in [1.165, 1.54) is 17.7 Å². The Morgan fingerprint density at radius 2 is 1.30 bits per heavy atom. The minimum absolute atomic E-state index is 0.300. The van der Waals surface area contributed by atoms with Crippen molar-refractivity contribution in [2.45, 2.75) is 0 Å². The maximum atomic E-state index is 6.46. The normalized spacial score (nSPS) is 11.2. The van der Waals surface area contributed by atoms with Gasteiger partial charge >= 0.3 is 0 Å². The fourth-order valence-corrected chi connectivity index (χ4v) is 5.61. The Morgan fingerprint density at radius 3 is 2.05 bits per heavy atom. The Hall–Kier alpha value is -6.21. The lowest BCUT2D eigenvalue weighted by molar-refractivity contribution is 0.620. The summed E-state index contributed by atoms with van der Waals surface area (Å²) in [5.41, 5.74) is 6.69. The van der Waals surface area contributed by atoms with Gasteiger partial charge in [-0.15, -0.1) is 10.2 Å². The summed E-state index contributed by atoms with van der Waals surface area (Å²) < 4.78 is 10.7. The van der Waals surface area contributed by atoms with Gasteiger partial charge in [0.2, 0.25) is 5.89 Å². The summed E-state index contributed by atoms with van der Waals surface area (Å²) in [5, 5.41) is 15.0. The molecule has 0 amide bonds. The summed E-state index contributed by atoms with van der Waals surface area (Å²) in [5.74, 6) is 1.01. The first kappa shape index (κ1) is 25.5. The van der Waals surface area contributed by atoms with E-state index in [1.54, 1.807) is 49.4 Å². The van der Waals surface area contributed by atoms with Gasteiger partial charge in [-0.2, -0.15) is 5.10 Å². The van der Waals surface area contributed by atoms with E-state index >= 15 is 0 Å². The first-order valence-electron chi connectivity index (χ1n) is 13.3. The van der Waals surface area contributed by atoms with Crippen LogP contribution in [0.2, 0.25) is 0 Å². The zero-order chi connectivity index (χ0) is 29.3. The van der Waals surface area contributed by atoms with Crippen molar-refractivity contribution in [1.29, 1.82) is 0 Å². The van der Waals surface area contributed by atoms with Crippen LogP contribution in [0, 0.1) is 0 Å². The highest BCUT2D eigenvalue weighted by atomic mass is 32.1. The molecule has 0 saturated heterocycles. The average Bonchev–Trinajstić information content (AvgIpc) is 3.79. The predicted octanol–water partition coefficient (Wildman–Crippen LogP) is 5.84. The van der Waals surface area contributed by atoms with Crippen molar-refractivity contribution in [2.75, 3.05) is 0 Å². The van der Waals surface area contributed by atoms with Gasteiger partial charge in [-0.1, -0.05) is 22.7 Å². The number of hydrogen-bond donors (Lipinski definition) is 0. The van der Waals surface area contributed by atoms with Crippen molar-refractivity contribution in [2.24, 2.45) is 0 Å². The van der Waals surface area contributed by atoms with Crippen molar-refractivity contribution in [1.82, 2.24) is 54.7 Å². The predicted molar refractivity (Wildman–Crippen MR) is 162 cm³/mol. The summed E-state index contributed by atoms with van der Waals surface area (Å²) in [7, 11) is 0. The lowest BCUT2D eigenvalue weighted by Crippen LogP contribution is -2.06. The molecule has 0 aliphatic rings. The number of pyridine rings is 1. The fraction of sp³-hybridized carbons (Fsp3) is 0. The number of benzene rings is 2. The molecule has 8 rings (SSSR count). The molecular weight excluding hydrogens is 574 g/mol. The maximum Gasteiger partial charge on any atom is 0.228 e. The molecule has 0 fully saturated rings. The minimum Gasteiger partial charge on any atom is -0.436 e. The van der Waals surface area contributed by atoms with Gasteiger partial charge in [0.15, 0.2) is 17.2 Å². The van der Waals surface area contributed by atoms with Crippen molar-refractivity contribution in [3.8, 4) is 68.0 Å². The van der Waals surface area contributed by atoms with E-state index < -0.39 is 0 Å². The van der Waals surface area contributed by atoms with E-state index in [2.05, 4.69) is 29.8 Å². The van der Waals surface area contributed by atoms with Gasteiger partial charge in [-0.05, 0) is 41.9 Å². The summed E-state index contributed by atoms with van der Waals surface area (Å²) in [6, 6.07) is 15.0. The third-order valence-electron chi connectivity index (χ3n) is 6.86. The monoisotopic (exact) mass is 591 g/mol. The van der Waals surface area contributed by atoms with Crippen LogP contribution in [0.25, 0.3) is 79.1 Å². The van der Waals surface area contributed by atoms with Crippen LogP contribution < -0.4 is 0 Å². The molecular formula is C31H17N11OS. The smallest absolute Gasteiger partial charge is 0.228 e. The van der Waals surface area contributed by atoms with E-state index in [4.69, 9.17) is 29.3 Å². The van der Waals surface area contributed by atoms with Crippen LogP contribution in [0.1, 0.15) is 0 Å². The molecule has 0 bridgehead atoms. The Labute approximate surface area is 252 Å². The topological polar surface area (TPSA) is 155 Å². The van der Waals surface area contributed by atoms with Crippen molar-refractivity contribution in [3.05, 3.63) is 103 Å². The van der Waals surface area contributed by atoms with Gasteiger partial charge in [0.25, 0.3) is 0 Å². The van der Waals surface area contributed by atoms with Crippen LogP contribution in [0.5, 0.6) is 0 Å². The van der Waals surface area contributed by atoms with E-state index in [0.29, 0.717) is 79.1 Å². The summed E-state index contributed by atoms with van der Waals surface area (Å²) in [6.07, 6.45) is 13.1. The standard InChI is InChI=1S/C31H17N11OS/c1-2-8-22-18(6-1)39-31(43-22)28-25(21-17-44-42-40-21)23(19-7-3-4-9-33-19)24(20-16-32-12-13-34-20)26(29-35-10-5-11-36-29)27(28)30-37-14-15-38-41-30/h1-17H. The molecule has 6 aromatic heterocycles. The number of nitrogens with zero attached hydrogens (tertiary/aromatic N) is 11. The number of oxazole rings is 1. The van der Waals surface area contributed by atoms with Crippen molar-refractivity contribution in [3.63, 3.8) is 0 Å². The molecule has 0 unspecified atom stereocenters. The van der Waals surface area contributed by atoms with Gasteiger partial charge in [0, 0.05) is 70.4 Å². The first-order chi connectivity index (χ1) is 21.9. The minimum atomic E-state index is 0.300. The SMILES string of the molecule is c1ccc(-c2c(-c3cnccn3)c(-c3ncccn3)c(-c3nccnn3)c(-c3nc4ccccc4o3)c2-c2csnn2)nc1. The molecule has 44 heavy (non-hydrogen) atoms. The molecule has 12 nitrogen and oxygen atoms in total. The molecule has 8 aromatic rings. The van der Waals surface area contributed by atoms with Gasteiger partial charge in [0.05, 0.1) is 29.3 Å². The molecule has 0 aliphatic carbocycles. The average molecular weight is 592 g/mol. The zero-order valence-corrected chi connectivity index (χ0v) is 23.4. The Kier molecular flexibility index (Phi) is 6.31. The zero-order valence-electron chi connectivity index (χ0n) is 22.6. The largest absolute Gasteiger partial charge is 0.436 e. The van der Waals surface area contributed by atoms with Crippen LogP contribution in [-0.4, -0.2) is 54.7 Å². The number of aromatic nitrogens is 11. The van der Waals surface area contributed by atoms with Crippen LogP contribution in [0.15, 0.2) is 108 Å². The van der Waals surface area contributed by atoms with Gasteiger partial charge in [-0.3, -0.25) is 15.0 Å². The molecule has 0 N–H and O–H groups in total. The molecule has 0 saturated carbocycles. The molecule has 0 spiro atoms. The second-order valence-corrected chi connectivity index (χ2v) is 9.98. The third-order valence-corrected chi connectivity index (χ3v) is 7.36. The molecule has 6 heterocycles. The Balaban J connectivity index is 1.68. The summed E-state index contributed by atoms with van der Waals surface area (Å²) in [6.45, 7) is 0. The fourth-order valence-electron chi connectivity index (χ4n) is 5.16. The van der Waals surface area contributed by atoms with Crippen molar-refractivity contribution < 1.29 is 4.42 Å². The van der Waals surface area contributed by atoms with Crippen LogP contribution >= 0.6 is 11.5 Å².